The zero-order valence-corrected chi connectivity index (χ0v) is 16.3. The SMILES string of the molecule is COc1ccc(-c2nc(NCc3ccc(Cl)cc3)n(C(=O)c3ccco3)n2)cc1. The fourth-order valence-corrected chi connectivity index (χ4v) is 2.84. The van der Waals surface area contributed by atoms with Gasteiger partial charge in [-0.2, -0.15) is 9.67 Å². The molecule has 0 saturated heterocycles. The Morgan fingerprint density at radius 3 is 2.55 bits per heavy atom. The molecule has 0 aliphatic heterocycles. The predicted octanol–water partition coefficient (Wildman–Crippen LogP) is 4.50. The highest BCUT2D eigenvalue weighted by atomic mass is 35.5. The maximum Gasteiger partial charge on any atom is 0.317 e. The van der Waals surface area contributed by atoms with Gasteiger partial charge in [0.25, 0.3) is 0 Å². The fraction of sp³-hybridized carbons (Fsp3) is 0.0952. The highest BCUT2D eigenvalue weighted by Crippen LogP contribution is 2.22. The van der Waals surface area contributed by atoms with E-state index in [1.54, 1.807) is 31.4 Å². The van der Waals surface area contributed by atoms with Crippen molar-refractivity contribution in [1.82, 2.24) is 14.8 Å². The van der Waals surface area contributed by atoms with E-state index in [-0.39, 0.29) is 5.76 Å². The Kier molecular flexibility index (Phi) is 5.31. The van der Waals surface area contributed by atoms with Crippen LogP contribution in [0.3, 0.4) is 0 Å². The van der Waals surface area contributed by atoms with Crippen LogP contribution in [0.25, 0.3) is 11.4 Å². The van der Waals surface area contributed by atoms with Crippen molar-refractivity contribution >= 4 is 23.5 Å². The molecule has 8 heteroatoms. The van der Waals surface area contributed by atoms with E-state index >= 15 is 0 Å². The van der Waals surface area contributed by atoms with Gasteiger partial charge in [0.1, 0.15) is 5.75 Å². The van der Waals surface area contributed by atoms with Gasteiger partial charge in [0.2, 0.25) is 5.95 Å². The number of furan rings is 1. The summed E-state index contributed by atoms with van der Waals surface area (Å²) in [6.45, 7) is 0.448. The molecule has 2 aromatic heterocycles. The smallest absolute Gasteiger partial charge is 0.317 e. The summed E-state index contributed by atoms with van der Waals surface area (Å²) in [5.41, 5.74) is 1.74. The summed E-state index contributed by atoms with van der Waals surface area (Å²) in [6, 6.07) is 17.9. The van der Waals surface area contributed by atoms with Crippen molar-refractivity contribution in [3.05, 3.63) is 83.3 Å². The molecule has 0 radical (unpaired) electrons. The van der Waals surface area contributed by atoms with Crippen LogP contribution in [-0.4, -0.2) is 27.8 Å². The summed E-state index contributed by atoms with van der Waals surface area (Å²) in [6.07, 6.45) is 1.44. The van der Waals surface area contributed by atoms with Crippen molar-refractivity contribution in [2.45, 2.75) is 6.54 Å². The number of hydrogen-bond donors (Lipinski definition) is 1. The zero-order chi connectivity index (χ0) is 20.2. The lowest BCUT2D eigenvalue weighted by molar-refractivity contribution is 0.0919. The van der Waals surface area contributed by atoms with Crippen LogP contribution >= 0.6 is 11.6 Å². The second-order valence-corrected chi connectivity index (χ2v) is 6.60. The summed E-state index contributed by atoms with van der Waals surface area (Å²) >= 11 is 5.93. The molecule has 146 valence electrons. The van der Waals surface area contributed by atoms with E-state index in [1.165, 1.54) is 10.9 Å². The molecule has 4 rings (SSSR count). The summed E-state index contributed by atoms with van der Waals surface area (Å²) in [5, 5.41) is 8.21. The van der Waals surface area contributed by atoms with Gasteiger partial charge in [-0.15, -0.1) is 5.10 Å². The van der Waals surface area contributed by atoms with Gasteiger partial charge in [-0.25, -0.2) is 0 Å². The average Bonchev–Trinajstić information content (AvgIpc) is 3.43. The lowest BCUT2D eigenvalue weighted by atomic mass is 10.2. The van der Waals surface area contributed by atoms with Crippen LogP contribution in [0.2, 0.25) is 5.02 Å². The van der Waals surface area contributed by atoms with Crippen LogP contribution in [0, 0.1) is 0 Å². The van der Waals surface area contributed by atoms with E-state index < -0.39 is 5.91 Å². The summed E-state index contributed by atoms with van der Waals surface area (Å²) < 4.78 is 11.6. The van der Waals surface area contributed by atoms with Gasteiger partial charge in [0, 0.05) is 17.1 Å². The Bertz CT molecular complexity index is 1100. The van der Waals surface area contributed by atoms with Crippen molar-refractivity contribution in [2.75, 3.05) is 12.4 Å². The number of hydrogen-bond acceptors (Lipinski definition) is 6. The normalized spacial score (nSPS) is 10.7. The van der Waals surface area contributed by atoms with Crippen molar-refractivity contribution < 1.29 is 13.9 Å². The highest BCUT2D eigenvalue weighted by molar-refractivity contribution is 6.30. The molecule has 0 aliphatic rings. The first-order valence-electron chi connectivity index (χ1n) is 8.82. The number of methoxy groups -OCH3 is 1. The van der Waals surface area contributed by atoms with Gasteiger partial charge >= 0.3 is 5.91 Å². The van der Waals surface area contributed by atoms with E-state index in [0.29, 0.717) is 23.3 Å². The minimum absolute atomic E-state index is 0.172. The molecule has 0 fully saturated rings. The van der Waals surface area contributed by atoms with Crippen LogP contribution in [0.5, 0.6) is 5.75 Å². The van der Waals surface area contributed by atoms with Gasteiger partial charge in [0.05, 0.1) is 13.4 Å². The Morgan fingerprint density at radius 2 is 1.90 bits per heavy atom. The van der Waals surface area contributed by atoms with Crippen molar-refractivity contribution in [1.29, 1.82) is 0 Å². The number of carbonyl (C=O) groups is 1. The van der Waals surface area contributed by atoms with Crippen LogP contribution < -0.4 is 10.1 Å². The van der Waals surface area contributed by atoms with Crippen LogP contribution in [0.4, 0.5) is 5.95 Å². The Labute approximate surface area is 171 Å². The first-order valence-corrected chi connectivity index (χ1v) is 9.20. The number of rotatable bonds is 6. The van der Waals surface area contributed by atoms with Gasteiger partial charge in [-0.05, 0) is 54.1 Å². The highest BCUT2D eigenvalue weighted by Gasteiger charge is 2.20. The van der Waals surface area contributed by atoms with Crippen molar-refractivity contribution in [2.24, 2.45) is 0 Å². The summed E-state index contributed by atoms with van der Waals surface area (Å²) in [4.78, 5) is 17.3. The zero-order valence-electron chi connectivity index (χ0n) is 15.5. The van der Waals surface area contributed by atoms with Crippen LogP contribution in [-0.2, 0) is 6.54 Å². The molecule has 4 aromatic rings. The third-order valence-corrected chi connectivity index (χ3v) is 4.50. The second-order valence-electron chi connectivity index (χ2n) is 6.16. The Hall–Kier alpha value is -3.58. The molecule has 0 spiro atoms. The van der Waals surface area contributed by atoms with E-state index in [9.17, 15) is 4.79 Å². The number of ether oxygens (including phenoxy) is 1. The van der Waals surface area contributed by atoms with E-state index in [4.69, 9.17) is 20.8 Å². The number of nitrogens with one attached hydrogen (secondary N) is 1. The first kappa shape index (κ1) is 18.8. The molecule has 0 unspecified atom stereocenters. The number of benzene rings is 2. The summed E-state index contributed by atoms with van der Waals surface area (Å²) in [5.74, 6) is 1.20. The van der Waals surface area contributed by atoms with E-state index in [1.807, 2.05) is 36.4 Å². The number of halogens is 1. The lowest BCUT2D eigenvalue weighted by Crippen LogP contribution is -2.17. The quantitative estimate of drug-likeness (QED) is 0.505. The molecular formula is C21H17ClN4O3. The van der Waals surface area contributed by atoms with Crippen LogP contribution in [0.15, 0.2) is 71.3 Å². The van der Waals surface area contributed by atoms with E-state index in [2.05, 4.69) is 15.4 Å². The standard InChI is InChI=1S/C21H17ClN4O3/c1-28-17-10-6-15(7-11-17)19-24-21(23-13-14-4-8-16(22)9-5-14)26(25-19)20(27)18-3-2-12-29-18/h2-12H,13H2,1H3,(H,23,24,25). The summed E-state index contributed by atoms with van der Waals surface area (Å²) in [7, 11) is 1.60. The lowest BCUT2D eigenvalue weighted by Gasteiger charge is -2.06. The Balaban J connectivity index is 1.66. The largest absolute Gasteiger partial charge is 0.497 e. The molecule has 2 aromatic carbocycles. The molecule has 0 bridgehead atoms. The molecule has 0 amide bonds. The molecule has 2 heterocycles. The maximum atomic E-state index is 12.8. The minimum Gasteiger partial charge on any atom is -0.497 e. The maximum absolute atomic E-state index is 12.8. The van der Waals surface area contributed by atoms with Crippen molar-refractivity contribution in [3.63, 3.8) is 0 Å². The Morgan fingerprint density at radius 1 is 1.14 bits per heavy atom. The monoisotopic (exact) mass is 408 g/mol. The molecule has 0 aliphatic carbocycles. The fourth-order valence-electron chi connectivity index (χ4n) is 2.72. The van der Waals surface area contributed by atoms with Gasteiger partial charge in [-0.1, -0.05) is 23.7 Å². The molecule has 0 atom stereocenters. The molecule has 7 nitrogen and oxygen atoms in total. The topological polar surface area (TPSA) is 82.2 Å². The average molecular weight is 409 g/mol. The third kappa shape index (κ3) is 4.14. The minimum atomic E-state index is -0.416. The number of aromatic nitrogens is 3. The van der Waals surface area contributed by atoms with Crippen LogP contribution in [0.1, 0.15) is 16.1 Å². The molecule has 1 N–H and O–H groups in total. The third-order valence-electron chi connectivity index (χ3n) is 4.24. The number of carbonyl (C=O) groups excluding carboxylic acids is 1. The van der Waals surface area contributed by atoms with Gasteiger partial charge in [-0.3, -0.25) is 4.79 Å². The molecule has 29 heavy (non-hydrogen) atoms. The van der Waals surface area contributed by atoms with Crippen molar-refractivity contribution in [3.8, 4) is 17.1 Å². The van der Waals surface area contributed by atoms with E-state index in [0.717, 1.165) is 16.9 Å². The number of nitrogens with zero attached hydrogens (tertiary/aromatic N) is 3. The predicted molar refractivity (Wildman–Crippen MR) is 109 cm³/mol. The molecule has 0 saturated carbocycles. The van der Waals surface area contributed by atoms with Gasteiger partial charge in [0.15, 0.2) is 11.6 Å². The number of anilines is 1. The second kappa shape index (κ2) is 8.20. The molecular weight excluding hydrogens is 392 g/mol. The van der Waals surface area contributed by atoms with Gasteiger partial charge < -0.3 is 14.5 Å². The first-order chi connectivity index (χ1) is 14.1.